The lowest BCUT2D eigenvalue weighted by atomic mass is 9.70. The number of rotatable bonds is 5. The van der Waals surface area contributed by atoms with E-state index in [2.05, 4.69) is 0 Å². The van der Waals surface area contributed by atoms with Crippen LogP contribution in [0.4, 0.5) is 0 Å². The van der Waals surface area contributed by atoms with Gasteiger partial charge in [-0.05, 0) is 36.7 Å². The first kappa shape index (κ1) is 22.5. The van der Waals surface area contributed by atoms with E-state index in [9.17, 15) is 18.0 Å². The van der Waals surface area contributed by atoms with Crippen molar-refractivity contribution in [2.24, 2.45) is 22.5 Å². The quantitative estimate of drug-likeness (QED) is 0.633. The number of carboxylic acid groups (broad SMARTS) is 1. The molecule has 2 bridgehead atoms. The third-order valence-electron chi connectivity index (χ3n) is 6.47. The van der Waals surface area contributed by atoms with Gasteiger partial charge in [0.25, 0.3) is 10.1 Å². The number of Topliss-reactive ketones (excluding diaryl/α,β-unsaturated/α-hetero) is 1. The maximum atomic E-state index is 11.9. The second-order valence-electron chi connectivity index (χ2n) is 8.78. The molecule has 0 heterocycles. The van der Waals surface area contributed by atoms with Crippen LogP contribution in [0.25, 0.3) is 0 Å². The van der Waals surface area contributed by atoms with Crippen molar-refractivity contribution in [1.82, 2.24) is 0 Å². The summed E-state index contributed by atoms with van der Waals surface area (Å²) in [6.07, 6.45) is 2.32. The Bertz CT molecular complexity index is 847. The molecule has 4 N–H and O–H groups in total. The molecular weight excluding hydrogens is 382 g/mol. The van der Waals surface area contributed by atoms with Crippen LogP contribution in [-0.2, 0) is 26.1 Å². The van der Waals surface area contributed by atoms with Crippen LogP contribution in [-0.4, -0.2) is 41.1 Å². The van der Waals surface area contributed by atoms with Gasteiger partial charge < -0.3 is 10.8 Å². The molecule has 3 atom stereocenters. The number of nitrogens with two attached hydrogens (primary N) is 1. The van der Waals surface area contributed by atoms with Crippen LogP contribution < -0.4 is 5.73 Å². The zero-order valence-corrected chi connectivity index (χ0v) is 17.3. The minimum absolute atomic E-state index is 0.0152. The van der Waals surface area contributed by atoms with Gasteiger partial charge >= 0.3 is 5.97 Å². The van der Waals surface area contributed by atoms with E-state index in [1.807, 2.05) is 44.2 Å². The number of ketones is 1. The van der Waals surface area contributed by atoms with Crippen LogP contribution >= 0.6 is 0 Å². The lowest BCUT2D eigenvalue weighted by molar-refractivity contribution is -0.142. The summed E-state index contributed by atoms with van der Waals surface area (Å²) in [6, 6.07) is 9.36. The van der Waals surface area contributed by atoms with Crippen molar-refractivity contribution < 1.29 is 27.7 Å². The van der Waals surface area contributed by atoms with Gasteiger partial charge in [0.15, 0.2) is 0 Å². The van der Waals surface area contributed by atoms with Gasteiger partial charge in [-0.1, -0.05) is 44.2 Å². The highest BCUT2D eigenvalue weighted by Gasteiger charge is 2.65. The third-order valence-corrected chi connectivity index (χ3v) is 7.33. The predicted molar refractivity (Wildman–Crippen MR) is 105 cm³/mol. The number of carboxylic acids is 1. The average Bonchev–Trinajstić information content (AvgIpc) is 2.88. The molecule has 1 aromatic rings. The average molecular weight is 412 g/mol. The van der Waals surface area contributed by atoms with Crippen molar-refractivity contribution in [3.05, 3.63) is 35.9 Å². The number of carbonyl (C=O) groups excluding carboxylic acids is 1. The van der Waals surface area contributed by atoms with E-state index in [0.29, 0.717) is 19.3 Å². The summed E-state index contributed by atoms with van der Waals surface area (Å²) in [5.41, 5.74) is 4.23. The van der Waals surface area contributed by atoms with Crippen molar-refractivity contribution in [1.29, 1.82) is 0 Å². The Labute approximate surface area is 166 Å². The van der Waals surface area contributed by atoms with Gasteiger partial charge in [0, 0.05) is 12.8 Å². The highest BCUT2D eigenvalue weighted by Crippen LogP contribution is 2.64. The van der Waals surface area contributed by atoms with Crippen LogP contribution in [0.1, 0.15) is 45.6 Å². The second kappa shape index (κ2) is 7.57. The van der Waals surface area contributed by atoms with E-state index >= 15 is 0 Å². The summed E-state index contributed by atoms with van der Waals surface area (Å²) in [5.74, 6) is -1.08. The number of benzene rings is 1. The third kappa shape index (κ3) is 4.45. The molecule has 8 heteroatoms. The molecule has 1 aromatic carbocycles. The van der Waals surface area contributed by atoms with Crippen molar-refractivity contribution in [3.8, 4) is 0 Å². The molecule has 0 radical (unpaired) electrons. The van der Waals surface area contributed by atoms with Gasteiger partial charge in [0.05, 0.1) is 11.2 Å². The summed E-state index contributed by atoms with van der Waals surface area (Å²) in [7, 11) is -4.08. The lowest BCUT2D eigenvalue weighted by Gasteiger charge is -2.35. The van der Waals surface area contributed by atoms with Crippen molar-refractivity contribution in [2.75, 3.05) is 5.75 Å². The molecule has 0 unspecified atom stereocenters. The summed E-state index contributed by atoms with van der Waals surface area (Å²) in [6.45, 7) is 5.41. The van der Waals surface area contributed by atoms with Gasteiger partial charge in [0.1, 0.15) is 11.3 Å². The molecule has 28 heavy (non-hydrogen) atoms. The molecule has 0 spiro atoms. The predicted octanol–water partition coefficient (Wildman–Crippen LogP) is 2.30. The molecule has 7 nitrogen and oxygen atoms in total. The fraction of sp³-hybridized carbons (Fsp3) is 0.600. The topological polar surface area (TPSA) is 135 Å². The molecule has 2 fully saturated rings. The molecule has 2 aliphatic carbocycles. The van der Waals surface area contributed by atoms with Crippen LogP contribution in [0.2, 0.25) is 0 Å². The molecule has 3 rings (SSSR count). The highest BCUT2D eigenvalue weighted by atomic mass is 32.2. The standard InChI is InChI=1S/C10H13NO2.C10H16O4S/c1-10(11,9(12)13)7-8-5-3-2-4-6-8;1-9(2)7-3-4-10(9,8(11)5-7)6-15(12,13)14/h2-6H,7,11H2,1H3,(H,12,13);7H,3-6H2,1-2H3,(H,12,13,14)/t10-;7-,10-/m01/s1. The molecule has 156 valence electrons. The maximum Gasteiger partial charge on any atom is 0.323 e. The van der Waals surface area contributed by atoms with Crippen molar-refractivity contribution >= 4 is 21.9 Å². The summed E-state index contributed by atoms with van der Waals surface area (Å²) >= 11 is 0. The summed E-state index contributed by atoms with van der Waals surface area (Å²) < 4.78 is 31.0. The largest absolute Gasteiger partial charge is 0.480 e. The SMILES string of the molecule is CC1(C)[C@@H]2CC[C@@]1(CS(=O)(=O)O)C(=O)C2.C[C@](N)(Cc1ccccc1)C(=O)O. The van der Waals surface area contributed by atoms with Gasteiger partial charge in [-0.15, -0.1) is 0 Å². The van der Waals surface area contributed by atoms with E-state index in [0.717, 1.165) is 12.0 Å². The summed E-state index contributed by atoms with van der Waals surface area (Å²) in [4.78, 5) is 22.6. The molecule has 2 saturated carbocycles. The molecular formula is C20H29NO6S. The Morgan fingerprint density at radius 2 is 1.86 bits per heavy atom. The smallest absolute Gasteiger partial charge is 0.323 e. The highest BCUT2D eigenvalue weighted by molar-refractivity contribution is 7.85. The Morgan fingerprint density at radius 3 is 2.25 bits per heavy atom. The molecule has 0 aliphatic heterocycles. The van der Waals surface area contributed by atoms with Gasteiger partial charge in [-0.3, -0.25) is 14.1 Å². The molecule has 2 aliphatic rings. The number of carbonyl (C=O) groups is 2. The van der Waals surface area contributed by atoms with E-state index < -0.39 is 32.8 Å². The first-order valence-corrected chi connectivity index (χ1v) is 10.9. The van der Waals surface area contributed by atoms with Crippen LogP contribution in [0.5, 0.6) is 0 Å². The number of hydrogen-bond donors (Lipinski definition) is 3. The summed E-state index contributed by atoms with van der Waals surface area (Å²) in [5, 5.41) is 8.78. The van der Waals surface area contributed by atoms with E-state index in [1.54, 1.807) is 0 Å². The molecule has 0 aromatic heterocycles. The number of aliphatic carboxylic acids is 1. The van der Waals surface area contributed by atoms with E-state index in [-0.39, 0.29) is 17.1 Å². The lowest BCUT2D eigenvalue weighted by Crippen LogP contribution is -2.46. The number of hydrogen-bond acceptors (Lipinski definition) is 5. The van der Waals surface area contributed by atoms with Crippen molar-refractivity contribution in [2.45, 2.75) is 52.0 Å². The fourth-order valence-corrected chi connectivity index (χ4v) is 5.82. The Morgan fingerprint density at radius 1 is 1.29 bits per heavy atom. The monoisotopic (exact) mass is 411 g/mol. The Hall–Kier alpha value is -1.77. The minimum Gasteiger partial charge on any atom is -0.480 e. The van der Waals surface area contributed by atoms with E-state index in [4.69, 9.17) is 15.4 Å². The van der Waals surface area contributed by atoms with Crippen LogP contribution in [0.3, 0.4) is 0 Å². The number of fused-ring (bicyclic) bond motifs is 2. The Balaban J connectivity index is 0.000000203. The zero-order chi connectivity index (χ0) is 21.4. The minimum atomic E-state index is -4.08. The van der Waals surface area contributed by atoms with Gasteiger partial charge in [-0.25, -0.2) is 0 Å². The van der Waals surface area contributed by atoms with Gasteiger partial charge in [-0.2, -0.15) is 8.42 Å². The zero-order valence-electron chi connectivity index (χ0n) is 16.5. The first-order chi connectivity index (χ1) is 12.7. The van der Waals surface area contributed by atoms with Crippen LogP contribution in [0.15, 0.2) is 30.3 Å². The van der Waals surface area contributed by atoms with Gasteiger partial charge in [0.2, 0.25) is 0 Å². The second-order valence-corrected chi connectivity index (χ2v) is 10.2. The van der Waals surface area contributed by atoms with E-state index in [1.165, 1.54) is 6.92 Å². The normalized spacial score (nSPS) is 27.6. The van der Waals surface area contributed by atoms with Crippen LogP contribution in [0, 0.1) is 16.7 Å². The molecule has 0 saturated heterocycles. The molecule has 0 amide bonds. The van der Waals surface area contributed by atoms with Crippen molar-refractivity contribution in [3.63, 3.8) is 0 Å². The Kier molecular flexibility index (Phi) is 6.09. The fourth-order valence-electron chi connectivity index (χ4n) is 4.52. The first-order valence-electron chi connectivity index (χ1n) is 9.26. The maximum absolute atomic E-state index is 11.9.